The summed E-state index contributed by atoms with van der Waals surface area (Å²) in [4.78, 5) is 5.04. The smallest absolute Gasteiger partial charge is 0.216 e. The summed E-state index contributed by atoms with van der Waals surface area (Å²) in [6, 6.07) is 16.6. The number of anilines is 1. The van der Waals surface area contributed by atoms with Crippen molar-refractivity contribution >= 4 is 60.4 Å². The Labute approximate surface area is 170 Å². The zero-order chi connectivity index (χ0) is 19.2. The van der Waals surface area contributed by atoms with Gasteiger partial charge in [0.1, 0.15) is 14.9 Å². The molecule has 0 unspecified atom stereocenters. The van der Waals surface area contributed by atoms with Crippen LogP contribution in [0.3, 0.4) is 0 Å². The van der Waals surface area contributed by atoms with Crippen molar-refractivity contribution in [2.24, 2.45) is 0 Å². The first-order valence-electron chi connectivity index (χ1n) is 7.82. The summed E-state index contributed by atoms with van der Waals surface area (Å²) in [5.74, 6) is 0.335. The molecule has 0 saturated heterocycles. The number of fused-ring (bicyclic) bond motifs is 1. The Morgan fingerprint density at radius 1 is 0.852 bits per heavy atom. The highest BCUT2D eigenvalue weighted by Gasteiger charge is 2.27. The first-order valence-corrected chi connectivity index (χ1v) is 10.9. The lowest BCUT2D eigenvalue weighted by atomic mass is 10.1. The maximum absolute atomic E-state index is 13.3. The number of halogens is 2. The molecule has 0 fully saturated rings. The molecule has 0 aliphatic rings. The van der Waals surface area contributed by atoms with Gasteiger partial charge in [0.05, 0.1) is 4.90 Å². The van der Waals surface area contributed by atoms with Crippen molar-refractivity contribution in [2.45, 2.75) is 9.10 Å². The summed E-state index contributed by atoms with van der Waals surface area (Å²) < 4.78 is 26.9. The second-order valence-corrected chi connectivity index (χ2v) is 9.83. The molecule has 0 radical (unpaired) electrons. The van der Waals surface area contributed by atoms with Crippen LogP contribution in [0.15, 0.2) is 69.8 Å². The topological polar surface area (TPSA) is 73.1 Å². The second kappa shape index (κ2) is 6.80. The average molecular weight is 435 g/mol. The minimum absolute atomic E-state index is 0.168. The summed E-state index contributed by atoms with van der Waals surface area (Å²) in [5.41, 5.74) is 7.12. The molecule has 4 nitrogen and oxygen atoms in total. The third-order valence-electron chi connectivity index (χ3n) is 4.05. The largest absolute Gasteiger partial charge is 0.384 e. The van der Waals surface area contributed by atoms with Gasteiger partial charge in [0.15, 0.2) is 0 Å². The van der Waals surface area contributed by atoms with Gasteiger partial charge in [-0.2, -0.15) is 0 Å². The standard InChI is InChI=1S/C19H12Cl2N2O2S2/c20-12-3-1-11(2-4-12)17-15-9-10-16(22)23-18(15)26-19(17)27(24,25)14-7-5-13(21)6-8-14/h1-10H,(H2,22,23). The van der Waals surface area contributed by atoms with Crippen LogP contribution in [0.5, 0.6) is 0 Å². The predicted molar refractivity (Wildman–Crippen MR) is 111 cm³/mol. The van der Waals surface area contributed by atoms with Gasteiger partial charge < -0.3 is 5.73 Å². The molecule has 0 bridgehead atoms. The fourth-order valence-electron chi connectivity index (χ4n) is 2.77. The number of sulfone groups is 1. The highest BCUT2D eigenvalue weighted by molar-refractivity contribution is 7.93. The molecule has 0 spiro atoms. The number of benzene rings is 2. The molecule has 2 aromatic heterocycles. The van der Waals surface area contributed by atoms with Gasteiger partial charge in [0, 0.05) is 21.0 Å². The molecule has 136 valence electrons. The summed E-state index contributed by atoms with van der Waals surface area (Å²) in [7, 11) is -3.77. The number of thiophene rings is 1. The molecule has 2 aromatic carbocycles. The Kier molecular flexibility index (Phi) is 4.60. The van der Waals surface area contributed by atoms with Crippen molar-refractivity contribution in [3.63, 3.8) is 0 Å². The van der Waals surface area contributed by atoms with E-state index in [2.05, 4.69) is 4.98 Å². The van der Waals surface area contributed by atoms with E-state index in [0.717, 1.165) is 22.3 Å². The first kappa shape index (κ1) is 18.3. The van der Waals surface area contributed by atoms with Crippen LogP contribution in [0, 0.1) is 0 Å². The minimum atomic E-state index is -3.77. The summed E-state index contributed by atoms with van der Waals surface area (Å²) in [6.07, 6.45) is 0. The van der Waals surface area contributed by atoms with E-state index in [9.17, 15) is 8.42 Å². The van der Waals surface area contributed by atoms with Crippen LogP contribution in [0.1, 0.15) is 0 Å². The molecule has 8 heteroatoms. The molecule has 2 N–H and O–H groups in total. The van der Waals surface area contributed by atoms with Gasteiger partial charge in [0.2, 0.25) is 9.84 Å². The lowest BCUT2D eigenvalue weighted by molar-refractivity contribution is 0.598. The zero-order valence-corrected chi connectivity index (χ0v) is 16.8. The summed E-state index contributed by atoms with van der Waals surface area (Å²) in [5, 5.41) is 1.77. The first-order chi connectivity index (χ1) is 12.9. The van der Waals surface area contributed by atoms with Gasteiger partial charge >= 0.3 is 0 Å². The molecular weight excluding hydrogens is 423 g/mol. The minimum Gasteiger partial charge on any atom is -0.384 e. The number of nitrogens with zero attached hydrogens (tertiary/aromatic N) is 1. The van der Waals surface area contributed by atoms with Crippen LogP contribution in [0.2, 0.25) is 10.0 Å². The third kappa shape index (κ3) is 3.30. The van der Waals surface area contributed by atoms with Crippen molar-refractivity contribution in [2.75, 3.05) is 5.73 Å². The quantitative estimate of drug-likeness (QED) is 0.449. The number of nitrogens with two attached hydrogens (primary N) is 1. The summed E-state index contributed by atoms with van der Waals surface area (Å²) in [6.45, 7) is 0. The number of hydrogen-bond acceptors (Lipinski definition) is 5. The molecule has 2 heterocycles. The molecule has 4 rings (SSSR count). The monoisotopic (exact) mass is 434 g/mol. The zero-order valence-electron chi connectivity index (χ0n) is 13.7. The van der Waals surface area contributed by atoms with Crippen molar-refractivity contribution in [1.82, 2.24) is 4.98 Å². The Morgan fingerprint density at radius 2 is 1.44 bits per heavy atom. The van der Waals surface area contributed by atoms with Crippen LogP contribution < -0.4 is 5.73 Å². The van der Waals surface area contributed by atoms with Crippen LogP contribution >= 0.6 is 34.5 Å². The lowest BCUT2D eigenvalue weighted by Crippen LogP contribution is -2.01. The normalized spacial score (nSPS) is 11.8. The van der Waals surface area contributed by atoms with E-state index < -0.39 is 9.84 Å². The fourth-order valence-corrected chi connectivity index (χ4v) is 6.13. The molecule has 0 atom stereocenters. The van der Waals surface area contributed by atoms with E-state index in [1.165, 1.54) is 12.1 Å². The molecule has 0 aliphatic carbocycles. The van der Waals surface area contributed by atoms with E-state index >= 15 is 0 Å². The van der Waals surface area contributed by atoms with E-state index in [1.807, 2.05) is 0 Å². The highest BCUT2D eigenvalue weighted by atomic mass is 35.5. The van der Waals surface area contributed by atoms with Gasteiger partial charge in [-0.15, -0.1) is 11.3 Å². The molecule has 4 aromatic rings. The average Bonchev–Trinajstić information content (AvgIpc) is 3.02. The third-order valence-corrected chi connectivity index (χ3v) is 7.94. The molecule has 0 aliphatic heterocycles. The van der Waals surface area contributed by atoms with Gasteiger partial charge in [-0.3, -0.25) is 0 Å². The van der Waals surface area contributed by atoms with Crippen molar-refractivity contribution < 1.29 is 8.42 Å². The number of aromatic nitrogens is 1. The van der Waals surface area contributed by atoms with Crippen molar-refractivity contribution in [3.8, 4) is 11.1 Å². The number of nitrogen functional groups attached to an aromatic ring is 1. The molecular formula is C19H12Cl2N2O2S2. The van der Waals surface area contributed by atoms with Gasteiger partial charge in [-0.05, 0) is 54.1 Å². The Morgan fingerprint density at radius 3 is 2.07 bits per heavy atom. The SMILES string of the molecule is Nc1ccc2c(-c3ccc(Cl)cc3)c(S(=O)(=O)c3ccc(Cl)cc3)sc2n1. The van der Waals surface area contributed by atoms with Crippen LogP contribution in [-0.4, -0.2) is 13.4 Å². The van der Waals surface area contributed by atoms with Gasteiger partial charge in [-0.25, -0.2) is 13.4 Å². The van der Waals surface area contributed by atoms with Crippen LogP contribution in [0.4, 0.5) is 5.82 Å². The van der Waals surface area contributed by atoms with Gasteiger partial charge in [-0.1, -0.05) is 35.3 Å². The number of hydrogen-bond donors (Lipinski definition) is 1. The Balaban J connectivity index is 2.03. The van der Waals surface area contributed by atoms with E-state index in [4.69, 9.17) is 28.9 Å². The lowest BCUT2D eigenvalue weighted by Gasteiger charge is -2.07. The van der Waals surface area contributed by atoms with Crippen molar-refractivity contribution in [1.29, 1.82) is 0 Å². The Bertz CT molecular complexity index is 1250. The van der Waals surface area contributed by atoms with Crippen molar-refractivity contribution in [3.05, 3.63) is 70.7 Å². The molecule has 27 heavy (non-hydrogen) atoms. The maximum atomic E-state index is 13.3. The fraction of sp³-hybridized carbons (Fsp3) is 0. The van der Waals surface area contributed by atoms with E-state index in [-0.39, 0.29) is 9.10 Å². The predicted octanol–water partition coefficient (Wildman–Crippen LogP) is 5.69. The molecule has 0 amide bonds. The van der Waals surface area contributed by atoms with Gasteiger partial charge in [0.25, 0.3) is 0 Å². The Hall–Kier alpha value is -2.12. The second-order valence-electron chi connectivity index (χ2n) is 5.82. The maximum Gasteiger partial charge on any atom is 0.216 e. The van der Waals surface area contributed by atoms with E-state index in [1.54, 1.807) is 48.5 Å². The highest BCUT2D eigenvalue weighted by Crippen LogP contribution is 2.43. The van der Waals surface area contributed by atoms with E-state index in [0.29, 0.717) is 26.3 Å². The number of pyridine rings is 1. The molecule has 0 saturated carbocycles. The summed E-state index contributed by atoms with van der Waals surface area (Å²) >= 11 is 13.0. The number of rotatable bonds is 3. The van der Waals surface area contributed by atoms with Crippen LogP contribution in [0.25, 0.3) is 21.3 Å². The van der Waals surface area contributed by atoms with Crippen LogP contribution in [-0.2, 0) is 9.84 Å².